The van der Waals surface area contributed by atoms with Gasteiger partial charge >= 0.3 is 0 Å². The van der Waals surface area contributed by atoms with Gasteiger partial charge in [-0.05, 0) is 25.1 Å². The van der Waals surface area contributed by atoms with E-state index >= 15 is 0 Å². The number of hydrazone groups is 1. The summed E-state index contributed by atoms with van der Waals surface area (Å²) in [4.78, 5) is 23.4. The molecule has 0 bridgehead atoms. The van der Waals surface area contributed by atoms with Crippen LogP contribution in [0.2, 0.25) is 0 Å². The van der Waals surface area contributed by atoms with Gasteiger partial charge in [0, 0.05) is 22.6 Å². The molecule has 130 valence electrons. The first-order valence-electron chi connectivity index (χ1n) is 7.38. The summed E-state index contributed by atoms with van der Waals surface area (Å²) in [5.74, 6) is 0.157. The minimum absolute atomic E-state index is 0.0819. The third-order valence-electron chi connectivity index (χ3n) is 3.23. The topological polar surface area (TPSA) is 93.8 Å². The Bertz CT molecular complexity index is 781. The normalized spacial score (nSPS) is 11.9. The highest BCUT2D eigenvalue weighted by Gasteiger charge is 2.14. The number of nitro benzene ring substituents is 1. The minimum atomic E-state index is -0.506. The van der Waals surface area contributed by atoms with Gasteiger partial charge < -0.3 is 4.74 Å². The van der Waals surface area contributed by atoms with Crippen LogP contribution >= 0.6 is 11.8 Å². The van der Waals surface area contributed by atoms with Crippen LogP contribution in [0.5, 0.6) is 5.75 Å². The van der Waals surface area contributed by atoms with Crippen LogP contribution in [-0.2, 0) is 4.79 Å². The third-order valence-corrected chi connectivity index (χ3v) is 4.34. The lowest BCUT2D eigenvalue weighted by molar-refractivity contribution is -0.384. The summed E-state index contributed by atoms with van der Waals surface area (Å²) in [5.41, 5.74) is 2.76. The van der Waals surface area contributed by atoms with Crippen LogP contribution in [0.4, 0.5) is 5.69 Å². The number of nitro groups is 1. The average Bonchev–Trinajstić information content (AvgIpc) is 2.62. The van der Waals surface area contributed by atoms with Crippen LogP contribution in [0.3, 0.4) is 0 Å². The largest absolute Gasteiger partial charge is 0.496 e. The molecule has 25 heavy (non-hydrogen) atoms. The van der Waals surface area contributed by atoms with E-state index < -0.39 is 4.92 Å². The molecule has 8 heteroatoms. The molecule has 0 aromatic heterocycles. The van der Waals surface area contributed by atoms with E-state index in [0.717, 1.165) is 4.90 Å². The number of methoxy groups -OCH3 is 1. The molecular formula is C17H17N3O4S. The zero-order valence-corrected chi connectivity index (χ0v) is 14.5. The molecule has 0 radical (unpaired) electrons. The molecule has 0 spiro atoms. The van der Waals surface area contributed by atoms with Gasteiger partial charge in [0.15, 0.2) is 0 Å². The molecule has 2 rings (SSSR count). The summed E-state index contributed by atoms with van der Waals surface area (Å²) < 4.78 is 5.13. The van der Waals surface area contributed by atoms with Crippen molar-refractivity contribution in [2.45, 2.75) is 17.1 Å². The van der Waals surface area contributed by atoms with E-state index in [1.54, 1.807) is 6.92 Å². The number of nitrogens with one attached hydrogen (secondary N) is 1. The Morgan fingerprint density at radius 1 is 1.32 bits per heavy atom. The molecule has 2 aromatic rings. The van der Waals surface area contributed by atoms with Crippen molar-refractivity contribution in [3.05, 3.63) is 64.2 Å². The number of ether oxygens (including phenoxy) is 1. The average molecular weight is 359 g/mol. The van der Waals surface area contributed by atoms with E-state index in [1.165, 1.54) is 43.3 Å². The number of nitrogens with zero attached hydrogens (tertiary/aromatic N) is 2. The van der Waals surface area contributed by atoms with E-state index in [2.05, 4.69) is 10.5 Å². The number of hydrogen-bond donors (Lipinski definition) is 1. The fourth-order valence-electron chi connectivity index (χ4n) is 1.95. The first-order chi connectivity index (χ1) is 12.0. The molecular weight excluding hydrogens is 342 g/mol. The Morgan fingerprint density at radius 3 is 2.68 bits per heavy atom. The predicted molar refractivity (Wildman–Crippen MR) is 97.1 cm³/mol. The third kappa shape index (κ3) is 5.32. The van der Waals surface area contributed by atoms with Gasteiger partial charge in [-0.2, -0.15) is 5.10 Å². The number of amides is 1. The quantitative estimate of drug-likeness (QED) is 0.354. The summed E-state index contributed by atoms with van der Waals surface area (Å²) in [7, 11) is 1.45. The number of benzene rings is 2. The van der Waals surface area contributed by atoms with Gasteiger partial charge in [-0.3, -0.25) is 14.9 Å². The van der Waals surface area contributed by atoms with Gasteiger partial charge in [0.2, 0.25) is 0 Å². The van der Waals surface area contributed by atoms with Crippen molar-refractivity contribution in [1.29, 1.82) is 0 Å². The number of carbonyl (C=O) groups excluding carboxylic acids is 1. The second kappa shape index (κ2) is 8.84. The summed E-state index contributed by atoms with van der Waals surface area (Å²) in [5, 5.41) is 14.4. The molecule has 1 amide bonds. The van der Waals surface area contributed by atoms with Crippen molar-refractivity contribution in [3.63, 3.8) is 0 Å². The molecule has 1 atom stereocenters. The zero-order valence-electron chi connectivity index (χ0n) is 13.7. The number of thioether (sulfide) groups is 1. The number of non-ortho nitro benzene ring substituents is 1. The van der Waals surface area contributed by atoms with Gasteiger partial charge in [-0.25, -0.2) is 5.43 Å². The Morgan fingerprint density at radius 2 is 2.04 bits per heavy atom. The van der Waals surface area contributed by atoms with Gasteiger partial charge in [-0.15, -0.1) is 11.8 Å². The van der Waals surface area contributed by atoms with Gasteiger partial charge in [-0.1, -0.05) is 18.2 Å². The Hall–Kier alpha value is -2.87. The molecule has 1 N–H and O–H groups in total. The van der Waals surface area contributed by atoms with E-state index in [4.69, 9.17) is 4.74 Å². The van der Waals surface area contributed by atoms with Crippen LogP contribution in [0, 0.1) is 10.1 Å². The molecule has 0 fully saturated rings. The maximum Gasteiger partial charge on any atom is 0.270 e. The molecule has 7 nitrogen and oxygen atoms in total. The van der Waals surface area contributed by atoms with Crippen molar-refractivity contribution < 1.29 is 14.5 Å². The first-order valence-corrected chi connectivity index (χ1v) is 8.26. The zero-order chi connectivity index (χ0) is 18.2. The van der Waals surface area contributed by atoms with E-state index in [-0.39, 0.29) is 16.8 Å². The molecule has 0 saturated carbocycles. The summed E-state index contributed by atoms with van der Waals surface area (Å²) in [6, 6.07) is 13.7. The Kier molecular flexibility index (Phi) is 6.53. The van der Waals surface area contributed by atoms with E-state index in [9.17, 15) is 14.9 Å². The molecule has 0 heterocycles. The second-order valence-electron chi connectivity index (χ2n) is 4.99. The highest BCUT2D eigenvalue weighted by Crippen LogP contribution is 2.23. The second-order valence-corrected chi connectivity index (χ2v) is 6.40. The Labute approximate surface area is 149 Å². The highest BCUT2D eigenvalue weighted by molar-refractivity contribution is 8.00. The van der Waals surface area contributed by atoms with E-state index in [0.29, 0.717) is 11.3 Å². The summed E-state index contributed by atoms with van der Waals surface area (Å²) in [6.45, 7) is 1.77. The van der Waals surface area contributed by atoms with E-state index in [1.807, 2.05) is 30.3 Å². The Balaban J connectivity index is 2.01. The number of carbonyl (C=O) groups is 1. The van der Waals surface area contributed by atoms with Crippen LogP contribution in [0.25, 0.3) is 0 Å². The SMILES string of the molecule is COc1ccc([N+](=O)[O-])cc1/C=N\NC(=O)[C@H](C)Sc1ccccc1. The molecule has 0 aliphatic heterocycles. The fraction of sp³-hybridized carbons (Fsp3) is 0.176. The lowest BCUT2D eigenvalue weighted by Crippen LogP contribution is -2.26. The van der Waals surface area contributed by atoms with Gasteiger partial charge in [0.05, 0.1) is 23.5 Å². The monoisotopic (exact) mass is 359 g/mol. The van der Waals surface area contributed by atoms with Crippen molar-refractivity contribution in [2.75, 3.05) is 7.11 Å². The maximum absolute atomic E-state index is 12.1. The lowest BCUT2D eigenvalue weighted by atomic mass is 10.2. The summed E-state index contributed by atoms with van der Waals surface area (Å²) in [6.07, 6.45) is 1.32. The molecule has 0 saturated heterocycles. The van der Waals surface area contributed by atoms with Gasteiger partial charge in [0.1, 0.15) is 5.75 Å². The minimum Gasteiger partial charge on any atom is -0.496 e. The molecule has 0 aliphatic carbocycles. The highest BCUT2D eigenvalue weighted by atomic mass is 32.2. The molecule has 0 aliphatic rings. The van der Waals surface area contributed by atoms with Crippen LogP contribution in [0.1, 0.15) is 12.5 Å². The number of rotatable bonds is 7. The van der Waals surface area contributed by atoms with Crippen molar-refractivity contribution >= 4 is 29.6 Å². The fourth-order valence-corrected chi connectivity index (χ4v) is 2.83. The summed E-state index contributed by atoms with van der Waals surface area (Å²) >= 11 is 1.41. The van der Waals surface area contributed by atoms with Crippen molar-refractivity contribution in [1.82, 2.24) is 5.43 Å². The lowest BCUT2D eigenvalue weighted by Gasteiger charge is -2.09. The smallest absolute Gasteiger partial charge is 0.270 e. The molecule has 2 aromatic carbocycles. The van der Waals surface area contributed by atoms with Crippen molar-refractivity contribution in [3.8, 4) is 5.75 Å². The van der Waals surface area contributed by atoms with Crippen molar-refractivity contribution in [2.24, 2.45) is 5.10 Å². The molecule has 0 unspecified atom stereocenters. The van der Waals surface area contributed by atoms with Crippen LogP contribution in [0.15, 0.2) is 58.5 Å². The first kappa shape index (κ1) is 18.5. The number of hydrogen-bond acceptors (Lipinski definition) is 6. The maximum atomic E-state index is 12.1. The predicted octanol–water partition coefficient (Wildman–Crippen LogP) is 3.23. The van der Waals surface area contributed by atoms with Crippen LogP contribution in [-0.4, -0.2) is 29.4 Å². The standard InChI is InChI=1S/C17H17N3O4S/c1-12(25-15-6-4-3-5-7-15)17(21)19-18-11-13-10-14(20(22)23)8-9-16(13)24-2/h3-12H,1-2H3,(H,19,21)/b18-11-/t12-/m0/s1. The van der Waals surface area contributed by atoms with Crippen LogP contribution < -0.4 is 10.2 Å². The van der Waals surface area contributed by atoms with Gasteiger partial charge in [0.25, 0.3) is 11.6 Å².